The van der Waals surface area contributed by atoms with E-state index in [0.29, 0.717) is 24.5 Å². The number of amides is 1. The minimum absolute atomic E-state index is 0.0256. The van der Waals surface area contributed by atoms with Crippen LogP contribution in [0.4, 0.5) is 11.4 Å². The number of sulfonamides is 1. The molecule has 0 bridgehead atoms. The normalized spacial score (nSPS) is 14.6. The molecule has 3 rings (SSSR count). The molecule has 2 aromatic rings. The summed E-state index contributed by atoms with van der Waals surface area (Å²) in [5, 5.41) is 2.72. The number of likely N-dealkylation sites (N-methyl/N-ethyl adjacent to an activating group) is 1. The van der Waals surface area contributed by atoms with Gasteiger partial charge in [0.05, 0.1) is 24.7 Å². The molecule has 1 N–H and O–H groups in total. The van der Waals surface area contributed by atoms with Crippen molar-refractivity contribution in [3.8, 4) is 0 Å². The molecule has 2 aromatic carbocycles. The summed E-state index contributed by atoms with van der Waals surface area (Å²) >= 11 is 0. The number of nitrogens with zero attached hydrogens (tertiary/aromatic N) is 2. The first-order chi connectivity index (χ1) is 14.3. The van der Waals surface area contributed by atoms with Gasteiger partial charge in [0.2, 0.25) is 15.9 Å². The summed E-state index contributed by atoms with van der Waals surface area (Å²) in [5.41, 5.74) is 2.06. The summed E-state index contributed by atoms with van der Waals surface area (Å²) in [6.45, 7) is 4.10. The Labute approximate surface area is 176 Å². The SMILES string of the molecule is CC(=O)c1ccc(S(=O)(=O)N(C)CC(=O)Nc2ccc(N3CCOCC3)cc2)cc1. The highest BCUT2D eigenvalue weighted by atomic mass is 32.2. The van der Waals surface area contributed by atoms with Crippen molar-refractivity contribution in [2.45, 2.75) is 11.8 Å². The number of carbonyl (C=O) groups is 2. The van der Waals surface area contributed by atoms with E-state index < -0.39 is 15.9 Å². The van der Waals surface area contributed by atoms with Crippen LogP contribution in [0, 0.1) is 0 Å². The number of hydrogen-bond acceptors (Lipinski definition) is 6. The fraction of sp³-hybridized carbons (Fsp3) is 0.333. The van der Waals surface area contributed by atoms with Crippen LogP contribution in [0.3, 0.4) is 0 Å². The van der Waals surface area contributed by atoms with Gasteiger partial charge in [-0.25, -0.2) is 8.42 Å². The average molecular weight is 432 g/mol. The van der Waals surface area contributed by atoms with E-state index in [1.54, 1.807) is 12.1 Å². The molecule has 0 aliphatic carbocycles. The Morgan fingerprint density at radius 1 is 1.03 bits per heavy atom. The summed E-state index contributed by atoms with van der Waals surface area (Å²) in [6.07, 6.45) is 0. The van der Waals surface area contributed by atoms with Gasteiger partial charge in [0.1, 0.15) is 0 Å². The molecule has 9 heteroatoms. The van der Waals surface area contributed by atoms with Crippen LogP contribution in [0.15, 0.2) is 53.4 Å². The van der Waals surface area contributed by atoms with Crippen molar-refractivity contribution in [3.05, 3.63) is 54.1 Å². The van der Waals surface area contributed by atoms with Crippen molar-refractivity contribution in [3.63, 3.8) is 0 Å². The lowest BCUT2D eigenvalue weighted by Crippen LogP contribution is -2.36. The van der Waals surface area contributed by atoms with Crippen LogP contribution < -0.4 is 10.2 Å². The van der Waals surface area contributed by atoms with Gasteiger partial charge in [-0.05, 0) is 43.3 Å². The molecule has 0 radical (unpaired) electrons. The van der Waals surface area contributed by atoms with E-state index in [1.807, 2.05) is 12.1 Å². The topological polar surface area (TPSA) is 96.0 Å². The number of carbonyl (C=O) groups excluding carboxylic acids is 2. The number of rotatable bonds is 7. The standard InChI is InChI=1S/C21H25N3O5S/c1-16(25)17-3-9-20(10-4-17)30(27,28)23(2)15-21(26)22-18-5-7-19(8-6-18)24-11-13-29-14-12-24/h3-10H,11-15H2,1-2H3,(H,22,26). The maximum Gasteiger partial charge on any atom is 0.243 e. The van der Waals surface area contributed by atoms with Gasteiger partial charge >= 0.3 is 0 Å². The first-order valence-electron chi connectivity index (χ1n) is 9.57. The first-order valence-corrected chi connectivity index (χ1v) is 11.0. The third-order valence-corrected chi connectivity index (χ3v) is 6.68. The quantitative estimate of drug-likeness (QED) is 0.674. The van der Waals surface area contributed by atoms with Crippen LogP contribution in [0.5, 0.6) is 0 Å². The molecular weight excluding hydrogens is 406 g/mol. The summed E-state index contributed by atoms with van der Waals surface area (Å²) in [4.78, 5) is 25.9. The number of ketones is 1. The molecule has 0 unspecified atom stereocenters. The number of Topliss-reactive ketones (excluding diaryl/α,β-unsaturated/α-hetero) is 1. The monoisotopic (exact) mass is 431 g/mol. The highest BCUT2D eigenvalue weighted by molar-refractivity contribution is 7.89. The van der Waals surface area contributed by atoms with Crippen LogP contribution in [0.2, 0.25) is 0 Å². The Morgan fingerprint density at radius 2 is 1.63 bits per heavy atom. The zero-order valence-electron chi connectivity index (χ0n) is 17.0. The fourth-order valence-corrected chi connectivity index (χ4v) is 4.23. The van der Waals surface area contributed by atoms with E-state index in [2.05, 4.69) is 10.2 Å². The summed E-state index contributed by atoms with van der Waals surface area (Å²) in [5.74, 6) is -0.591. The Bertz CT molecular complexity index is 998. The minimum atomic E-state index is -3.85. The van der Waals surface area contributed by atoms with E-state index in [1.165, 1.54) is 38.2 Å². The second-order valence-electron chi connectivity index (χ2n) is 7.04. The second-order valence-corrected chi connectivity index (χ2v) is 9.08. The smallest absolute Gasteiger partial charge is 0.243 e. The third-order valence-electron chi connectivity index (χ3n) is 4.86. The van der Waals surface area contributed by atoms with E-state index in [0.717, 1.165) is 23.1 Å². The number of ether oxygens (including phenoxy) is 1. The molecule has 1 amide bonds. The Balaban J connectivity index is 1.60. The fourth-order valence-electron chi connectivity index (χ4n) is 3.11. The molecule has 30 heavy (non-hydrogen) atoms. The van der Waals surface area contributed by atoms with Gasteiger partial charge in [-0.2, -0.15) is 4.31 Å². The molecular formula is C21H25N3O5S. The number of morpholine rings is 1. The van der Waals surface area contributed by atoms with E-state index in [-0.39, 0.29) is 17.2 Å². The zero-order chi connectivity index (χ0) is 21.7. The molecule has 0 aromatic heterocycles. The predicted molar refractivity (Wildman–Crippen MR) is 114 cm³/mol. The largest absolute Gasteiger partial charge is 0.378 e. The molecule has 160 valence electrons. The number of benzene rings is 2. The van der Waals surface area contributed by atoms with Crippen molar-refractivity contribution < 1.29 is 22.7 Å². The number of hydrogen-bond donors (Lipinski definition) is 1. The van der Waals surface area contributed by atoms with Crippen LogP contribution in [-0.4, -0.2) is 64.3 Å². The van der Waals surface area contributed by atoms with E-state index in [9.17, 15) is 18.0 Å². The molecule has 0 atom stereocenters. The Kier molecular flexibility index (Phi) is 6.86. The van der Waals surface area contributed by atoms with Crippen molar-refractivity contribution >= 4 is 33.1 Å². The van der Waals surface area contributed by atoms with Crippen LogP contribution in [-0.2, 0) is 19.6 Å². The third kappa shape index (κ3) is 5.24. The van der Waals surface area contributed by atoms with Crippen molar-refractivity contribution in [1.82, 2.24) is 4.31 Å². The van der Waals surface area contributed by atoms with Gasteiger partial charge < -0.3 is 15.0 Å². The lowest BCUT2D eigenvalue weighted by Gasteiger charge is -2.28. The molecule has 0 spiro atoms. The second kappa shape index (κ2) is 9.38. The number of nitrogens with one attached hydrogen (secondary N) is 1. The lowest BCUT2D eigenvalue weighted by molar-refractivity contribution is -0.116. The summed E-state index contributed by atoms with van der Waals surface area (Å²) in [7, 11) is -2.50. The van der Waals surface area contributed by atoms with Gasteiger partial charge in [-0.3, -0.25) is 9.59 Å². The highest BCUT2D eigenvalue weighted by Crippen LogP contribution is 2.20. The Hall–Kier alpha value is -2.75. The van der Waals surface area contributed by atoms with Crippen LogP contribution >= 0.6 is 0 Å². The summed E-state index contributed by atoms with van der Waals surface area (Å²) < 4.78 is 31.7. The average Bonchev–Trinajstić information content (AvgIpc) is 2.74. The minimum Gasteiger partial charge on any atom is -0.378 e. The van der Waals surface area contributed by atoms with E-state index in [4.69, 9.17) is 4.74 Å². The van der Waals surface area contributed by atoms with Crippen LogP contribution in [0.1, 0.15) is 17.3 Å². The first kappa shape index (κ1) is 21.9. The van der Waals surface area contributed by atoms with E-state index >= 15 is 0 Å². The predicted octanol–water partition coefficient (Wildman–Crippen LogP) is 1.98. The summed E-state index contributed by atoms with van der Waals surface area (Å²) in [6, 6.07) is 13.1. The highest BCUT2D eigenvalue weighted by Gasteiger charge is 2.23. The molecule has 1 saturated heterocycles. The van der Waals surface area contributed by atoms with Crippen LogP contribution in [0.25, 0.3) is 0 Å². The van der Waals surface area contributed by atoms with Gasteiger partial charge in [-0.15, -0.1) is 0 Å². The zero-order valence-corrected chi connectivity index (χ0v) is 17.8. The Morgan fingerprint density at radius 3 is 2.20 bits per heavy atom. The maximum atomic E-state index is 12.7. The number of anilines is 2. The maximum absolute atomic E-state index is 12.7. The van der Waals surface area contributed by atoms with Crippen molar-refractivity contribution in [1.29, 1.82) is 0 Å². The molecule has 1 aliphatic rings. The van der Waals surface area contributed by atoms with Gasteiger partial charge in [0, 0.05) is 37.1 Å². The molecule has 1 aliphatic heterocycles. The van der Waals surface area contributed by atoms with Gasteiger partial charge in [-0.1, -0.05) is 12.1 Å². The molecule has 1 heterocycles. The van der Waals surface area contributed by atoms with Gasteiger partial charge in [0.15, 0.2) is 5.78 Å². The van der Waals surface area contributed by atoms with Crippen molar-refractivity contribution in [2.75, 3.05) is 50.1 Å². The lowest BCUT2D eigenvalue weighted by atomic mass is 10.2. The molecule has 1 fully saturated rings. The molecule has 8 nitrogen and oxygen atoms in total. The van der Waals surface area contributed by atoms with Crippen molar-refractivity contribution in [2.24, 2.45) is 0 Å². The van der Waals surface area contributed by atoms with Gasteiger partial charge in [0.25, 0.3) is 0 Å². The molecule has 0 saturated carbocycles.